The largest absolute Gasteiger partial charge is 0.493 e. The Labute approximate surface area is 133 Å². The second-order valence-electron chi connectivity index (χ2n) is 6.90. The first-order valence-electron chi connectivity index (χ1n) is 7.11. The van der Waals surface area contributed by atoms with Crippen LogP contribution < -0.4 is 4.74 Å². The summed E-state index contributed by atoms with van der Waals surface area (Å²) in [4.78, 5) is 0. The predicted octanol–water partition coefficient (Wildman–Crippen LogP) is 4.35. The molecule has 3 nitrogen and oxygen atoms in total. The van der Waals surface area contributed by atoms with E-state index in [1.54, 1.807) is 0 Å². The summed E-state index contributed by atoms with van der Waals surface area (Å²) in [6.45, 7) is 10.5. The summed E-state index contributed by atoms with van der Waals surface area (Å²) in [5.74, 6) is 0.633. The van der Waals surface area contributed by atoms with Crippen LogP contribution in [0.4, 0.5) is 0 Å². The minimum absolute atomic E-state index is 0.109. The van der Waals surface area contributed by atoms with Crippen molar-refractivity contribution in [3.05, 3.63) is 29.8 Å². The minimum Gasteiger partial charge on any atom is -0.493 e. The van der Waals surface area contributed by atoms with Crippen LogP contribution in [0.2, 0.25) is 0 Å². The van der Waals surface area contributed by atoms with Crippen LogP contribution in [0, 0.1) is 5.41 Å². The van der Waals surface area contributed by atoms with E-state index in [2.05, 4.69) is 32.9 Å². The van der Waals surface area contributed by atoms with Gasteiger partial charge in [0.1, 0.15) is 5.75 Å². The van der Waals surface area contributed by atoms with Crippen molar-refractivity contribution in [3.8, 4) is 5.75 Å². The summed E-state index contributed by atoms with van der Waals surface area (Å²) in [7, 11) is 1.78. The molecule has 5 heteroatoms. The number of ether oxygens (including phenoxy) is 1. The summed E-state index contributed by atoms with van der Waals surface area (Å²) in [5.41, 5.74) is 0.881. The number of rotatable bonds is 7. The zero-order valence-corrected chi connectivity index (χ0v) is 15.0. The number of benzene rings is 1. The summed E-state index contributed by atoms with van der Waals surface area (Å²) < 4.78 is 28.0. The summed E-state index contributed by atoms with van der Waals surface area (Å²) in [5, 5.41) is 0. The van der Waals surface area contributed by atoms with Gasteiger partial charge >= 0.3 is 0 Å². The molecule has 0 saturated carbocycles. The Morgan fingerprint density at radius 1 is 1.10 bits per heavy atom. The molecular formula is C16H25ClO3S. The lowest BCUT2D eigenvalue weighted by Gasteiger charge is -2.25. The topological polar surface area (TPSA) is 43.4 Å². The van der Waals surface area contributed by atoms with E-state index >= 15 is 0 Å². The molecule has 0 radical (unpaired) electrons. The van der Waals surface area contributed by atoms with E-state index in [1.165, 1.54) is 5.56 Å². The van der Waals surface area contributed by atoms with Crippen LogP contribution >= 0.6 is 10.7 Å². The van der Waals surface area contributed by atoms with Gasteiger partial charge in [0.15, 0.2) is 0 Å². The Hall–Kier alpha value is -0.740. The third-order valence-electron chi connectivity index (χ3n) is 3.71. The molecule has 0 aliphatic heterocycles. The Bertz CT molecular complexity index is 560. The highest BCUT2D eigenvalue weighted by molar-refractivity contribution is 8.13. The first-order valence-corrected chi connectivity index (χ1v) is 9.59. The fraction of sp³-hybridized carbons (Fsp3) is 0.625. The molecule has 21 heavy (non-hydrogen) atoms. The number of hydrogen-bond donors (Lipinski definition) is 0. The third-order valence-corrected chi connectivity index (χ3v) is 5.17. The van der Waals surface area contributed by atoms with Crippen molar-refractivity contribution in [1.29, 1.82) is 0 Å². The van der Waals surface area contributed by atoms with Crippen LogP contribution in [-0.2, 0) is 14.5 Å². The van der Waals surface area contributed by atoms with Crippen LogP contribution in [-0.4, -0.2) is 20.8 Å². The zero-order valence-electron chi connectivity index (χ0n) is 13.4. The Morgan fingerprint density at radius 3 is 2.05 bits per heavy atom. The summed E-state index contributed by atoms with van der Waals surface area (Å²) in [6, 6.07) is 7.98. The molecule has 0 fully saturated rings. The fourth-order valence-electron chi connectivity index (χ4n) is 1.99. The molecule has 1 aromatic rings. The van der Waals surface area contributed by atoms with Gasteiger partial charge in [-0.15, -0.1) is 0 Å². The Balaban J connectivity index is 2.69. The van der Waals surface area contributed by atoms with E-state index in [0.29, 0.717) is 6.61 Å². The summed E-state index contributed by atoms with van der Waals surface area (Å²) in [6.07, 6.45) is 1.06. The molecule has 0 aromatic heterocycles. The van der Waals surface area contributed by atoms with Gasteiger partial charge in [0.25, 0.3) is 0 Å². The van der Waals surface area contributed by atoms with Gasteiger partial charge in [0.05, 0.1) is 12.4 Å². The molecule has 120 valence electrons. The van der Waals surface area contributed by atoms with Crippen molar-refractivity contribution >= 4 is 19.7 Å². The fourth-order valence-corrected chi connectivity index (χ4v) is 3.90. The first kappa shape index (κ1) is 18.3. The molecule has 0 aliphatic carbocycles. The molecule has 0 spiro atoms. The van der Waals surface area contributed by atoms with Crippen LogP contribution in [0.15, 0.2) is 24.3 Å². The second kappa shape index (κ2) is 6.57. The van der Waals surface area contributed by atoms with Gasteiger partial charge in [0.2, 0.25) is 9.05 Å². The van der Waals surface area contributed by atoms with E-state index in [4.69, 9.17) is 15.4 Å². The molecule has 0 atom stereocenters. The SMILES string of the molecule is CCC(C)(C)c1ccc(OCC(C)(C)CS(=O)(=O)Cl)cc1. The monoisotopic (exact) mass is 332 g/mol. The smallest absolute Gasteiger partial charge is 0.233 e. The highest BCUT2D eigenvalue weighted by Gasteiger charge is 2.26. The average molecular weight is 333 g/mol. The van der Waals surface area contributed by atoms with Crippen molar-refractivity contribution in [3.63, 3.8) is 0 Å². The highest BCUT2D eigenvalue weighted by atomic mass is 35.7. The van der Waals surface area contributed by atoms with Gasteiger partial charge < -0.3 is 4.74 Å². The molecular weight excluding hydrogens is 308 g/mol. The summed E-state index contributed by atoms with van der Waals surface area (Å²) >= 11 is 0. The van der Waals surface area contributed by atoms with Crippen molar-refractivity contribution in [2.24, 2.45) is 5.41 Å². The molecule has 1 aromatic carbocycles. The maximum atomic E-state index is 11.2. The Kier molecular flexibility index (Phi) is 5.73. The van der Waals surface area contributed by atoms with Crippen LogP contribution in [0.25, 0.3) is 0 Å². The molecule has 0 amide bonds. The van der Waals surface area contributed by atoms with Gasteiger partial charge in [-0.05, 0) is 29.5 Å². The average Bonchev–Trinajstić information content (AvgIpc) is 2.34. The molecule has 0 saturated heterocycles. The lowest BCUT2D eigenvalue weighted by atomic mass is 9.82. The van der Waals surface area contributed by atoms with Gasteiger partial charge in [-0.25, -0.2) is 8.42 Å². The molecule has 0 N–H and O–H groups in total. The quantitative estimate of drug-likeness (QED) is 0.697. The van der Waals surface area contributed by atoms with Crippen LogP contribution in [0.1, 0.15) is 46.6 Å². The van der Waals surface area contributed by atoms with E-state index in [-0.39, 0.29) is 11.2 Å². The van der Waals surface area contributed by atoms with Crippen molar-refractivity contribution in [2.45, 2.75) is 46.5 Å². The Morgan fingerprint density at radius 2 is 1.62 bits per heavy atom. The van der Waals surface area contributed by atoms with Gasteiger partial charge in [-0.2, -0.15) is 0 Å². The molecule has 0 heterocycles. The van der Waals surface area contributed by atoms with Crippen molar-refractivity contribution < 1.29 is 13.2 Å². The van der Waals surface area contributed by atoms with Gasteiger partial charge in [-0.1, -0.05) is 46.8 Å². The predicted molar refractivity (Wildman–Crippen MR) is 88.7 cm³/mol. The molecule has 0 unspecified atom stereocenters. The standard InChI is InChI=1S/C16H25ClO3S/c1-6-16(4,5)13-7-9-14(10-8-13)20-11-15(2,3)12-21(17,18)19/h7-10H,6,11-12H2,1-5H3. The van der Waals surface area contributed by atoms with Crippen molar-refractivity contribution in [1.82, 2.24) is 0 Å². The maximum Gasteiger partial charge on any atom is 0.233 e. The normalized spacial score (nSPS) is 13.2. The van der Waals surface area contributed by atoms with Gasteiger partial charge in [0, 0.05) is 16.1 Å². The van der Waals surface area contributed by atoms with Crippen LogP contribution in [0.3, 0.4) is 0 Å². The molecule has 0 aliphatic rings. The number of halogens is 1. The van der Waals surface area contributed by atoms with Gasteiger partial charge in [-0.3, -0.25) is 0 Å². The maximum absolute atomic E-state index is 11.2. The van der Waals surface area contributed by atoms with E-state index in [0.717, 1.165) is 12.2 Å². The number of hydrogen-bond acceptors (Lipinski definition) is 3. The van der Waals surface area contributed by atoms with E-state index in [9.17, 15) is 8.42 Å². The molecule has 0 bridgehead atoms. The van der Waals surface area contributed by atoms with Crippen molar-refractivity contribution in [2.75, 3.05) is 12.4 Å². The lowest BCUT2D eigenvalue weighted by Crippen LogP contribution is -2.28. The van der Waals surface area contributed by atoms with E-state index < -0.39 is 14.5 Å². The first-order chi connectivity index (χ1) is 9.45. The molecule has 1 rings (SSSR count). The third kappa shape index (κ3) is 6.27. The van der Waals surface area contributed by atoms with E-state index in [1.807, 2.05) is 26.0 Å². The second-order valence-corrected chi connectivity index (χ2v) is 9.67. The highest BCUT2D eigenvalue weighted by Crippen LogP contribution is 2.29. The zero-order chi connectivity index (χ0) is 16.3. The lowest BCUT2D eigenvalue weighted by molar-refractivity contribution is 0.200. The van der Waals surface area contributed by atoms with Crippen LogP contribution in [0.5, 0.6) is 5.75 Å². The minimum atomic E-state index is -3.52.